The summed E-state index contributed by atoms with van der Waals surface area (Å²) in [5.74, 6) is 0. The smallest absolute Gasteiger partial charge is 0.0383 e. The number of aryl methyl sites for hydroxylation is 1. The molecule has 0 spiro atoms. The molecule has 2 aliphatic carbocycles. The van der Waals surface area contributed by atoms with E-state index >= 15 is 0 Å². The number of rotatable bonds is 4. The maximum atomic E-state index is 6.26. The normalized spacial score (nSPS) is 22.3. The highest BCUT2D eigenvalue weighted by atomic mass is 15.0. The van der Waals surface area contributed by atoms with E-state index in [0.717, 1.165) is 31.4 Å². The Hall–Kier alpha value is -1.80. The highest BCUT2D eigenvalue weighted by molar-refractivity contribution is 5.47. The van der Waals surface area contributed by atoms with Gasteiger partial charge in [-0.2, -0.15) is 0 Å². The first-order valence-electron chi connectivity index (χ1n) is 8.39. The van der Waals surface area contributed by atoms with Gasteiger partial charge in [-0.1, -0.05) is 49.4 Å². The van der Waals surface area contributed by atoms with Crippen molar-refractivity contribution >= 4 is 0 Å². The monoisotopic (exact) mass is 294 g/mol. The van der Waals surface area contributed by atoms with E-state index in [9.17, 15) is 0 Å². The number of hydrogen-bond donors (Lipinski definition) is 2. The van der Waals surface area contributed by atoms with E-state index in [0.29, 0.717) is 12.1 Å². The van der Waals surface area contributed by atoms with Gasteiger partial charge in [0.2, 0.25) is 0 Å². The first-order chi connectivity index (χ1) is 10.7. The van der Waals surface area contributed by atoms with Crippen molar-refractivity contribution in [3.63, 3.8) is 0 Å². The summed E-state index contributed by atoms with van der Waals surface area (Å²) in [4.78, 5) is 0. The SMILES string of the molecule is CCc1ccc(C(C)NC2CC=CC3=C2C(N)=CCC3)cc1. The molecule has 0 saturated carbocycles. The molecule has 2 unspecified atom stereocenters. The van der Waals surface area contributed by atoms with Crippen molar-refractivity contribution in [1.29, 1.82) is 0 Å². The molecule has 0 saturated heterocycles. The summed E-state index contributed by atoms with van der Waals surface area (Å²) < 4.78 is 0. The van der Waals surface area contributed by atoms with Crippen LogP contribution in [0.1, 0.15) is 50.3 Å². The van der Waals surface area contributed by atoms with Crippen molar-refractivity contribution < 1.29 is 0 Å². The van der Waals surface area contributed by atoms with Crippen molar-refractivity contribution in [1.82, 2.24) is 5.32 Å². The standard InChI is InChI=1S/C20H26N2/c1-3-15-10-12-16(13-11-15)14(2)22-19-9-5-7-17-6-4-8-18(21)20(17)19/h5,7-8,10-14,19,22H,3-4,6,9,21H2,1-2H3. The molecule has 0 fully saturated rings. The summed E-state index contributed by atoms with van der Waals surface area (Å²) in [6.07, 6.45) is 11.0. The first kappa shape index (κ1) is 15.1. The fourth-order valence-electron chi connectivity index (χ4n) is 3.47. The van der Waals surface area contributed by atoms with Crippen LogP contribution < -0.4 is 11.1 Å². The molecular formula is C20H26N2. The molecule has 0 amide bonds. The third-order valence-corrected chi connectivity index (χ3v) is 4.81. The van der Waals surface area contributed by atoms with Crippen LogP contribution in [0.2, 0.25) is 0 Å². The summed E-state index contributed by atoms with van der Waals surface area (Å²) in [6, 6.07) is 9.60. The second kappa shape index (κ2) is 6.53. The Morgan fingerprint density at radius 1 is 1.27 bits per heavy atom. The van der Waals surface area contributed by atoms with Crippen LogP contribution in [-0.4, -0.2) is 6.04 Å². The zero-order valence-electron chi connectivity index (χ0n) is 13.6. The third kappa shape index (κ3) is 3.02. The number of allylic oxidation sites excluding steroid dienone is 3. The Kier molecular flexibility index (Phi) is 4.49. The first-order valence-corrected chi connectivity index (χ1v) is 8.39. The van der Waals surface area contributed by atoms with Crippen LogP contribution in [0.25, 0.3) is 0 Å². The predicted octanol–water partition coefficient (Wildman–Crippen LogP) is 4.16. The minimum absolute atomic E-state index is 0.325. The van der Waals surface area contributed by atoms with E-state index in [2.05, 4.69) is 61.7 Å². The van der Waals surface area contributed by atoms with Crippen molar-refractivity contribution in [2.45, 2.75) is 51.6 Å². The molecule has 2 nitrogen and oxygen atoms in total. The molecule has 3 rings (SSSR count). The lowest BCUT2D eigenvalue weighted by Crippen LogP contribution is -2.37. The zero-order valence-corrected chi connectivity index (χ0v) is 13.6. The maximum Gasteiger partial charge on any atom is 0.0383 e. The van der Waals surface area contributed by atoms with Crippen molar-refractivity contribution in [3.05, 3.63) is 70.5 Å². The average Bonchev–Trinajstić information content (AvgIpc) is 2.55. The topological polar surface area (TPSA) is 38.0 Å². The predicted molar refractivity (Wildman–Crippen MR) is 93.4 cm³/mol. The van der Waals surface area contributed by atoms with E-state index in [1.807, 2.05) is 0 Å². The Balaban J connectivity index is 1.76. The summed E-state index contributed by atoms with van der Waals surface area (Å²) >= 11 is 0. The lowest BCUT2D eigenvalue weighted by molar-refractivity contribution is 0.492. The summed E-state index contributed by atoms with van der Waals surface area (Å²) in [5, 5.41) is 3.77. The van der Waals surface area contributed by atoms with E-state index in [1.54, 1.807) is 0 Å². The fraction of sp³-hybridized carbons (Fsp3) is 0.400. The molecule has 22 heavy (non-hydrogen) atoms. The van der Waals surface area contributed by atoms with E-state index in [-0.39, 0.29) is 0 Å². The minimum Gasteiger partial charge on any atom is -0.399 e. The number of benzene rings is 1. The summed E-state index contributed by atoms with van der Waals surface area (Å²) in [7, 11) is 0. The highest BCUT2D eigenvalue weighted by Gasteiger charge is 2.25. The Bertz CT molecular complexity index is 620. The molecule has 2 heteroatoms. The molecule has 1 aromatic rings. The average molecular weight is 294 g/mol. The highest BCUT2D eigenvalue weighted by Crippen LogP contribution is 2.32. The van der Waals surface area contributed by atoms with Gasteiger partial charge in [-0.15, -0.1) is 0 Å². The molecular weight excluding hydrogens is 268 g/mol. The number of nitrogens with one attached hydrogen (secondary N) is 1. The molecule has 116 valence electrons. The van der Waals surface area contributed by atoms with Gasteiger partial charge in [0.05, 0.1) is 0 Å². The van der Waals surface area contributed by atoms with E-state index in [4.69, 9.17) is 5.73 Å². The molecule has 0 bridgehead atoms. The summed E-state index contributed by atoms with van der Waals surface area (Å²) in [5.41, 5.74) is 12.7. The van der Waals surface area contributed by atoms with Gasteiger partial charge in [0.15, 0.2) is 0 Å². The third-order valence-electron chi connectivity index (χ3n) is 4.81. The van der Waals surface area contributed by atoms with Crippen LogP contribution in [0.4, 0.5) is 0 Å². The molecule has 0 heterocycles. The Morgan fingerprint density at radius 3 is 2.77 bits per heavy atom. The van der Waals surface area contributed by atoms with E-state index < -0.39 is 0 Å². The minimum atomic E-state index is 0.325. The maximum absolute atomic E-state index is 6.26. The van der Waals surface area contributed by atoms with Crippen molar-refractivity contribution in [3.8, 4) is 0 Å². The van der Waals surface area contributed by atoms with Crippen molar-refractivity contribution in [2.75, 3.05) is 0 Å². The van der Waals surface area contributed by atoms with Crippen LogP contribution in [0.5, 0.6) is 0 Å². The lowest BCUT2D eigenvalue weighted by atomic mass is 9.84. The van der Waals surface area contributed by atoms with Crippen LogP contribution in [0.3, 0.4) is 0 Å². The van der Waals surface area contributed by atoms with Gasteiger partial charge in [-0.05, 0) is 54.9 Å². The molecule has 3 N–H and O–H groups in total. The quantitative estimate of drug-likeness (QED) is 0.875. The van der Waals surface area contributed by atoms with Crippen LogP contribution in [0, 0.1) is 0 Å². The lowest BCUT2D eigenvalue weighted by Gasteiger charge is -2.31. The van der Waals surface area contributed by atoms with Gasteiger partial charge >= 0.3 is 0 Å². The van der Waals surface area contributed by atoms with Crippen LogP contribution in [0.15, 0.2) is 59.3 Å². The van der Waals surface area contributed by atoms with Gasteiger partial charge in [-0.3, -0.25) is 0 Å². The van der Waals surface area contributed by atoms with Gasteiger partial charge in [0, 0.05) is 17.8 Å². The Labute approximate surface area is 133 Å². The van der Waals surface area contributed by atoms with Crippen LogP contribution >= 0.6 is 0 Å². The number of nitrogens with two attached hydrogens (primary N) is 1. The molecule has 0 aliphatic heterocycles. The second-order valence-corrected chi connectivity index (χ2v) is 6.31. The number of hydrogen-bond acceptors (Lipinski definition) is 2. The van der Waals surface area contributed by atoms with Crippen molar-refractivity contribution in [2.24, 2.45) is 5.73 Å². The summed E-state index contributed by atoms with van der Waals surface area (Å²) in [6.45, 7) is 4.43. The zero-order chi connectivity index (χ0) is 15.5. The largest absolute Gasteiger partial charge is 0.399 e. The fourth-order valence-corrected chi connectivity index (χ4v) is 3.47. The Morgan fingerprint density at radius 2 is 2.05 bits per heavy atom. The van der Waals surface area contributed by atoms with Crippen LogP contribution in [-0.2, 0) is 6.42 Å². The molecule has 1 aromatic carbocycles. The van der Waals surface area contributed by atoms with Gasteiger partial charge in [-0.25, -0.2) is 0 Å². The van der Waals surface area contributed by atoms with E-state index in [1.165, 1.54) is 22.3 Å². The van der Waals surface area contributed by atoms with Gasteiger partial charge in [0.1, 0.15) is 0 Å². The van der Waals surface area contributed by atoms with Gasteiger partial charge in [0.25, 0.3) is 0 Å². The second-order valence-electron chi connectivity index (χ2n) is 6.31. The molecule has 0 aromatic heterocycles. The molecule has 0 radical (unpaired) electrons. The molecule has 2 aliphatic rings. The molecule has 2 atom stereocenters. The van der Waals surface area contributed by atoms with Gasteiger partial charge < -0.3 is 11.1 Å².